The first kappa shape index (κ1) is 12.9. The lowest BCUT2D eigenvalue weighted by atomic mass is 10.3. The van der Waals surface area contributed by atoms with Crippen LogP contribution >= 0.6 is 11.6 Å². The van der Waals surface area contributed by atoms with E-state index in [0.29, 0.717) is 12.7 Å². The van der Waals surface area contributed by atoms with Gasteiger partial charge in [-0.2, -0.15) is 0 Å². The smallest absolute Gasteiger partial charge is 0.119 e. The average Bonchev–Trinajstić information content (AvgIpc) is 3.23. The van der Waals surface area contributed by atoms with Crippen LogP contribution in [0, 0.1) is 0 Å². The summed E-state index contributed by atoms with van der Waals surface area (Å²) in [5, 5.41) is 0.794. The Hall–Kier alpha value is -1.51. The monoisotopic (exact) mass is 262 g/mol. The zero-order valence-corrected chi connectivity index (χ0v) is 10.7. The van der Waals surface area contributed by atoms with Crippen molar-refractivity contribution in [3.8, 4) is 5.75 Å². The van der Waals surface area contributed by atoms with E-state index in [4.69, 9.17) is 21.1 Å². The Morgan fingerprint density at radius 2 is 1.56 bits per heavy atom. The molecular weight excluding hydrogens is 248 g/mol. The van der Waals surface area contributed by atoms with Crippen LogP contribution in [-0.2, 0) is 4.74 Å². The number of benzene rings is 2. The van der Waals surface area contributed by atoms with Crippen LogP contribution in [-0.4, -0.2) is 19.3 Å². The standard InChI is InChI=1S/C9H10O2.C6H5Cl/c1-2-4-8(5-3-1)10-6-9-7-11-9;7-6-4-2-1-3-5-6/h1-5,9H,6-7H2;1-5H. The van der Waals surface area contributed by atoms with E-state index in [2.05, 4.69) is 0 Å². The third kappa shape index (κ3) is 5.21. The Bertz CT molecular complexity index is 441. The van der Waals surface area contributed by atoms with E-state index in [1.165, 1.54) is 0 Å². The van der Waals surface area contributed by atoms with E-state index in [1.807, 2.05) is 60.7 Å². The van der Waals surface area contributed by atoms with E-state index in [0.717, 1.165) is 17.4 Å². The summed E-state index contributed by atoms with van der Waals surface area (Å²) in [4.78, 5) is 0. The molecular formula is C15H15ClO2. The van der Waals surface area contributed by atoms with Crippen LogP contribution in [0.4, 0.5) is 0 Å². The Morgan fingerprint density at radius 3 is 2.00 bits per heavy atom. The van der Waals surface area contributed by atoms with Gasteiger partial charge in [-0.05, 0) is 24.3 Å². The molecule has 0 bridgehead atoms. The number of rotatable bonds is 3. The Balaban J connectivity index is 0.000000149. The summed E-state index contributed by atoms with van der Waals surface area (Å²) in [5.74, 6) is 0.919. The Labute approximate surface area is 112 Å². The molecule has 94 valence electrons. The Morgan fingerprint density at radius 1 is 1.00 bits per heavy atom. The molecule has 2 aromatic rings. The molecule has 3 rings (SSSR count). The SMILES string of the molecule is Clc1ccccc1.c1ccc(OCC2CO2)cc1. The summed E-state index contributed by atoms with van der Waals surface area (Å²) in [5.41, 5.74) is 0. The summed E-state index contributed by atoms with van der Waals surface area (Å²) in [6, 6.07) is 19.2. The molecule has 0 N–H and O–H groups in total. The highest BCUT2D eigenvalue weighted by atomic mass is 35.5. The quantitative estimate of drug-likeness (QED) is 0.785. The third-order valence-corrected chi connectivity index (χ3v) is 2.57. The van der Waals surface area contributed by atoms with Gasteiger partial charge in [0.1, 0.15) is 18.5 Å². The van der Waals surface area contributed by atoms with Gasteiger partial charge < -0.3 is 9.47 Å². The molecule has 1 atom stereocenters. The lowest BCUT2D eigenvalue weighted by Crippen LogP contribution is -2.03. The molecule has 1 saturated heterocycles. The molecule has 0 amide bonds. The fourth-order valence-corrected chi connectivity index (χ4v) is 1.43. The van der Waals surface area contributed by atoms with Crippen molar-refractivity contribution in [3.05, 3.63) is 65.7 Å². The van der Waals surface area contributed by atoms with E-state index < -0.39 is 0 Å². The molecule has 1 aliphatic heterocycles. The van der Waals surface area contributed by atoms with Gasteiger partial charge in [-0.25, -0.2) is 0 Å². The molecule has 1 aliphatic rings. The van der Waals surface area contributed by atoms with Crippen molar-refractivity contribution in [1.82, 2.24) is 0 Å². The third-order valence-electron chi connectivity index (χ3n) is 2.31. The minimum absolute atomic E-state index is 0.343. The molecule has 1 heterocycles. The van der Waals surface area contributed by atoms with Gasteiger partial charge in [-0.1, -0.05) is 48.0 Å². The molecule has 3 heteroatoms. The lowest BCUT2D eigenvalue weighted by Gasteiger charge is -2.01. The molecule has 0 radical (unpaired) electrons. The van der Waals surface area contributed by atoms with Crippen molar-refractivity contribution in [3.63, 3.8) is 0 Å². The fourth-order valence-electron chi connectivity index (χ4n) is 1.28. The van der Waals surface area contributed by atoms with Gasteiger partial charge in [0.2, 0.25) is 0 Å². The molecule has 2 nitrogen and oxygen atoms in total. The van der Waals surface area contributed by atoms with E-state index in [1.54, 1.807) is 0 Å². The fraction of sp³-hybridized carbons (Fsp3) is 0.200. The van der Waals surface area contributed by atoms with E-state index in [9.17, 15) is 0 Å². The van der Waals surface area contributed by atoms with Crippen LogP contribution in [0.15, 0.2) is 60.7 Å². The molecule has 18 heavy (non-hydrogen) atoms. The van der Waals surface area contributed by atoms with Gasteiger partial charge >= 0.3 is 0 Å². The summed E-state index contributed by atoms with van der Waals surface area (Å²) < 4.78 is 10.4. The van der Waals surface area contributed by atoms with Crippen LogP contribution in [0.25, 0.3) is 0 Å². The van der Waals surface area contributed by atoms with Crippen LogP contribution < -0.4 is 4.74 Å². The van der Waals surface area contributed by atoms with Crippen molar-refractivity contribution >= 4 is 11.6 Å². The summed E-state index contributed by atoms with van der Waals surface area (Å²) in [7, 11) is 0. The summed E-state index contributed by atoms with van der Waals surface area (Å²) in [6.07, 6.45) is 0.343. The van der Waals surface area contributed by atoms with Crippen LogP contribution in [0.5, 0.6) is 5.75 Å². The second-order valence-corrected chi connectivity index (χ2v) is 4.31. The first-order chi connectivity index (χ1) is 8.84. The van der Waals surface area contributed by atoms with Gasteiger partial charge in [0.05, 0.1) is 6.61 Å². The predicted molar refractivity (Wildman–Crippen MR) is 73.1 cm³/mol. The minimum atomic E-state index is 0.343. The molecule has 0 aliphatic carbocycles. The second-order valence-electron chi connectivity index (χ2n) is 3.87. The van der Waals surface area contributed by atoms with E-state index in [-0.39, 0.29) is 0 Å². The van der Waals surface area contributed by atoms with Crippen LogP contribution in [0.2, 0.25) is 5.02 Å². The van der Waals surface area contributed by atoms with Crippen LogP contribution in [0.1, 0.15) is 0 Å². The second kappa shape index (κ2) is 7.04. The maximum absolute atomic E-state index is 5.54. The summed E-state index contributed by atoms with van der Waals surface area (Å²) >= 11 is 5.54. The minimum Gasteiger partial charge on any atom is -0.491 e. The normalized spacial score (nSPS) is 16.4. The van der Waals surface area contributed by atoms with Gasteiger partial charge in [0.25, 0.3) is 0 Å². The lowest BCUT2D eigenvalue weighted by molar-refractivity contribution is 0.263. The van der Waals surface area contributed by atoms with Crippen molar-refractivity contribution in [1.29, 1.82) is 0 Å². The number of ether oxygens (including phenoxy) is 2. The molecule has 0 saturated carbocycles. The van der Waals surface area contributed by atoms with Crippen molar-refractivity contribution < 1.29 is 9.47 Å². The van der Waals surface area contributed by atoms with Gasteiger partial charge in [0.15, 0.2) is 0 Å². The van der Waals surface area contributed by atoms with Gasteiger partial charge in [-0.15, -0.1) is 0 Å². The highest BCUT2D eigenvalue weighted by Crippen LogP contribution is 2.13. The maximum atomic E-state index is 5.54. The van der Waals surface area contributed by atoms with E-state index >= 15 is 0 Å². The average molecular weight is 263 g/mol. The summed E-state index contributed by atoms with van der Waals surface area (Å²) in [6.45, 7) is 1.54. The van der Waals surface area contributed by atoms with Gasteiger partial charge in [0, 0.05) is 5.02 Å². The largest absolute Gasteiger partial charge is 0.491 e. The van der Waals surface area contributed by atoms with Gasteiger partial charge in [-0.3, -0.25) is 0 Å². The molecule has 2 aromatic carbocycles. The number of hydrogen-bond acceptors (Lipinski definition) is 2. The first-order valence-corrected chi connectivity index (χ1v) is 6.22. The topological polar surface area (TPSA) is 21.8 Å². The van der Waals surface area contributed by atoms with Crippen LogP contribution in [0.3, 0.4) is 0 Å². The number of halogens is 1. The molecule has 1 fully saturated rings. The molecule has 1 unspecified atom stereocenters. The Kier molecular flexibility index (Phi) is 5.06. The predicted octanol–water partition coefficient (Wildman–Crippen LogP) is 3.80. The zero-order chi connectivity index (χ0) is 12.6. The molecule has 0 spiro atoms. The van der Waals surface area contributed by atoms with Crippen molar-refractivity contribution in [2.24, 2.45) is 0 Å². The number of para-hydroxylation sites is 1. The number of hydrogen-bond donors (Lipinski definition) is 0. The highest BCUT2D eigenvalue weighted by molar-refractivity contribution is 6.30. The van der Waals surface area contributed by atoms with Crippen molar-refractivity contribution in [2.45, 2.75) is 6.10 Å². The number of epoxide rings is 1. The molecule has 0 aromatic heterocycles. The van der Waals surface area contributed by atoms with Crippen molar-refractivity contribution in [2.75, 3.05) is 13.2 Å². The zero-order valence-electron chi connectivity index (χ0n) is 9.96. The highest BCUT2D eigenvalue weighted by Gasteiger charge is 2.22. The maximum Gasteiger partial charge on any atom is 0.119 e. The first-order valence-electron chi connectivity index (χ1n) is 5.84.